The van der Waals surface area contributed by atoms with E-state index in [9.17, 15) is 9.59 Å². The van der Waals surface area contributed by atoms with Crippen LogP contribution in [-0.2, 0) is 9.53 Å². The van der Waals surface area contributed by atoms with Gasteiger partial charge in [0, 0.05) is 12.6 Å². The van der Waals surface area contributed by atoms with Gasteiger partial charge in [-0.15, -0.1) is 11.3 Å². The number of esters is 1. The van der Waals surface area contributed by atoms with Gasteiger partial charge in [-0.05, 0) is 37.1 Å². The molecule has 1 atom stereocenters. The molecule has 4 nitrogen and oxygen atoms in total. The maximum Gasteiger partial charge on any atom is 0.307 e. The van der Waals surface area contributed by atoms with E-state index < -0.39 is 0 Å². The highest BCUT2D eigenvalue weighted by molar-refractivity contribution is 7.13. The lowest BCUT2D eigenvalue weighted by atomic mass is 9.99. The molecule has 0 radical (unpaired) electrons. The fraction of sp³-hybridized carbons (Fsp3) is 0.571. The van der Waals surface area contributed by atoms with Gasteiger partial charge in [0.05, 0.1) is 18.6 Å². The molecule has 0 N–H and O–H groups in total. The van der Waals surface area contributed by atoms with Crippen molar-refractivity contribution in [3.8, 4) is 0 Å². The van der Waals surface area contributed by atoms with Gasteiger partial charge in [-0.1, -0.05) is 11.6 Å². The SMILES string of the molecule is COC(=O)CC1CCCCN1C(=O)c1scc(C)c1Cl. The van der Waals surface area contributed by atoms with Crippen LogP contribution in [0.1, 0.15) is 40.9 Å². The Kier molecular flexibility index (Phi) is 5.05. The van der Waals surface area contributed by atoms with Gasteiger partial charge in [-0.2, -0.15) is 0 Å². The summed E-state index contributed by atoms with van der Waals surface area (Å²) in [7, 11) is 1.37. The van der Waals surface area contributed by atoms with Gasteiger partial charge in [-0.25, -0.2) is 0 Å². The minimum absolute atomic E-state index is 0.0679. The number of piperidine rings is 1. The van der Waals surface area contributed by atoms with E-state index in [2.05, 4.69) is 0 Å². The number of likely N-dealkylation sites (tertiary alicyclic amines) is 1. The van der Waals surface area contributed by atoms with E-state index in [1.807, 2.05) is 12.3 Å². The third-order valence-electron chi connectivity index (χ3n) is 3.61. The van der Waals surface area contributed by atoms with E-state index in [0.717, 1.165) is 24.8 Å². The van der Waals surface area contributed by atoms with Gasteiger partial charge in [-0.3, -0.25) is 9.59 Å². The average molecular weight is 316 g/mol. The number of methoxy groups -OCH3 is 1. The normalized spacial score (nSPS) is 18.9. The quantitative estimate of drug-likeness (QED) is 0.804. The summed E-state index contributed by atoms with van der Waals surface area (Å²) in [5, 5.41) is 2.41. The molecular weight excluding hydrogens is 298 g/mol. The Balaban J connectivity index is 2.17. The summed E-state index contributed by atoms with van der Waals surface area (Å²) in [6.45, 7) is 2.56. The van der Waals surface area contributed by atoms with E-state index in [0.29, 0.717) is 16.4 Å². The fourth-order valence-corrected chi connectivity index (χ4v) is 3.69. The first kappa shape index (κ1) is 15.3. The number of hydrogen-bond donors (Lipinski definition) is 0. The molecule has 1 unspecified atom stereocenters. The number of rotatable bonds is 3. The molecule has 0 aliphatic carbocycles. The molecule has 2 rings (SSSR count). The maximum absolute atomic E-state index is 12.6. The highest BCUT2D eigenvalue weighted by Gasteiger charge is 2.31. The zero-order valence-electron chi connectivity index (χ0n) is 11.6. The van der Waals surface area contributed by atoms with Crippen LogP contribution in [-0.4, -0.2) is 36.5 Å². The summed E-state index contributed by atoms with van der Waals surface area (Å²) < 4.78 is 4.71. The van der Waals surface area contributed by atoms with Crippen molar-refractivity contribution in [1.82, 2.24) is 4.90 Å². The van der Waals surface area contributed by atoms with Crippen molar-refractivity contribution in [2.24, 2.45) is 0 Å². The van der Waals surface area contributed by atoms with Crippen LogP contribution in [0.2, 0.25) is 5.02 Å². The lowest BCUT2D eigenvalue weighted by Gasteiger charge is -2.35. The average Bonchev–Trinajstić information content (AvgIpc) is 2.79. The molecule has 1 aliphatic heterocycles. The van der Waals surface area contributed by atoms with Gasteiger partial charge < -0.3 is 9.64 Å². The smallest absolute Gasteiger partial charge is 0.307 e. The number of aryl methyl sites for hydroxylation is 1. The Morgan fingerprint density at radius 1 is 1.50 bits per heavy atom. The van der Waals surface area contributed by atoms with Crippen LogP contribution in [0.4, 0.5) is 0 Å². The number of ether oxygens (including phenoxy) is 1. The zero-order chi connectivity index (χ0) is 14.7. The Labute approximate surface area is 127 Å². The van der Waals surface area contributed by atoms with Crippen molar-refractivity contribution < 1.29 is 14.3 Å². The summed E-state index contributed by atoms with van der Waals surface area (Å²) in [6, 6.07) is -0.0813. The molecule has 1 aromatic heterocycles. The molecule has 20 heavy (non-hydrogen) atoms. The van der Waals surface area contributed by atoms with E-state index in [4.69, 9.17) is 16.3 Å². The molecule has 1 amide bonds. The van der Waals surface area contributed by atoms with E-state index in [-0.39, 0.29) is 24.3 Å². The third-order valence-corrected chi connectivity index (χ3v) is 5.30. The summed E-state index contributed by atoms with van der Waals surface area (Å²) in [5.74, 6) is -0.343. The van der Waals surface area contributed by atoms with Crippen molar-refractivity contribution in [1.29, 1.82) is 0 Å². The molecule has 6 heteroatoms. The summed E-state index contributed by atoms with van der Waals surface area (Å²) in [6.07, 6.45) is 3.08. The highest BCUT2D eigenvalue weighted by atomic mass is 35.5. The summed E-state index contributed by atoms with van der Waals surface area (Å²) >= 11 is 7.54. The molecule has 2 heterocycles. The Bertz CT molecular complexity index is 515. The van der Waals surface area contributed by atoms with Crippen molar-refractivity contribution in [2.75, 3.05) is 13.7 Å². The maximum atomic E-state index is 12.6. The van der Waals surface area contributed by atoms with Crippen LogP contribution in [0, 0.1) is 6.92 Å². The minimum atomic E-state index is -0.275. The fourth-order valence-electron chi connectivity index (χ4n) is 2.46. The van der Waals surface area contributed by atoms with E-state index in [1.54, 1.807) is 4.90 Å². The van der Waals surface area contributed by atoms with Gasteiger partial charge in [0.25, 0.3) is 5.91 Å². The van der Waals surface area contributed by atoms with Crippen molar-refractivity contribution >= 4 is 34.8 Å². The Hall–Kier alpha value is -1.07. The van der Waals surface area contributed by atoms with Crippen LogP contribution in [0.5, 0.6) is 0 Å². The standard InChI is InChI=1S/C14H18ClNO3S/c1-9-8-20-13(12(9)15)14(18)16-6-4-3-5-10(16)7-11(17)19-2/h8,10H,3-7H2,1-2H3. The second-order valence-corrected chi connectivity index (χ2v) is 6.25. The predicted molar refractivity (Wildman–Crippen MR) is 79.4 cm³/mol. The molecule has 1 fully saturated rings. The number of amides is 1. The number of carbonyl (C=O) groups is 2. The number of carbonyl (C=O) groups excluding carboxylic acids is 2. The van der Waals surface area contributed by atoms with E-state index in [1.165, 1.54) is 18.4 Å². The van der Waals surface area contributed by atoms with Crippen LogP contribution in [0.15, 0.2) is 5.38 Å². The highest BCUT2D eigenvalue weighted by Crippen LogP contribution is 2.31. The van der Waals surface area contributed by atoms with Crippen molar-refractivity contribution in [3.05, 3.63) is 20.8 Å². The van der Waals surface area contributed by atoms with Gasteiger partial charge in [0.1, 0.15) is 4.88 Å². The molecular formula is C14H18ClNO3S. The summed E-state index contributed by atoms with van der Waals surface area (Å²) in [5.41, 5.74) is 0.918. The molecule has 110 valence electrons. The number of nitrogens with zero attached hydrogens (tertiary/aromatic N) is 1. The molecule has 0 spiro atoms. The lowest BCUT2D eigenvalue weighted by Crippen LogP contribution is -2.44. The second-order valence-electron chi connectivity index (χ2n) is 4.99. The first-order valence-electron chi connectivity index (χ1n) is 6.66. The molecule has 1 saturated heterocycles. The number of thiophene rings is 1. The monoisotopic (exact) mass is 315 g/mol. The van der Waals surface area contributed by atoms with Gasteiger partial charge in [0.15, 0.2) is 0 Å². The molecule has 0 bridgehead atoms. The van der Waals surface area contributed by atoms with Gasteiger partial charge in [0.2, 0.25) is 0 Å². The largest absolute Gasteiger partial charge is 0.469 e. The van der Waals surface area contributed by atoms with Crippen LogP contribution in [0.25, 0.3) is 0 Å². The Morgan fingerprint density at radius 3 is 2.85 bits per heavy atom. The van der Waals surface area contributed by atoms with Crippen LogP contribution in [0.3, 0.4) is 0 Å². The topological polar surface area (TPSA) is 46.6 Å². The number of halogens is 1. The Morgan fingerprint density at radius 2 is 2.25 bits per heavy atom. The van der Waals surface area contributed by atoms with Crippen molar-refractivity contribution in [3.63, 3.8) is 0 Å². The first-order chi connectivity index (χ1) is 9.54. The first-order valence-corrected chi connectivity index (χ1v) is 7.91. The molecule has 0 saturated carbocycles. The van der Waals surface area contributed by atoms with E-state index >= 15 is 0 Å². The van der Waals surface area contributed by atoms with Crippen molar-refractivity contribution in [2.45, 2.75) is 38.6 Å². The third kappa shape index (κ3) is 3.15. The number of hydrogen-bond acceptors (Lipinski definition) is 4. The lowest BCUT2D eigenvalue weighted by molar-refractivity contribution is -0.142. The predicted octanol–water partition coefficient (Wildman–Crippen LogP) is 3.27. The van der Waals surface area contributed by atoms with Gasteiger partial charge >= 0.3 is 5.97 Å². The van der Waals surface area contributed by atoms with Crippen LogP contribution >= 0.6 is 22.9 Å². The minimum Gasteiger partial charge on any atom is -0.469 e. The van der Waals surface area contributed by atoms with Crippen LogP contribution < -0.4 is 0 Å². The molecule has 1 aliphatic rings. The second kappa shape index (κ2) is 6.59. The molecule has 1 aromatic rings. The zero-order valence-corrected chi connectivity index (χ0v) is 13.2. The molecule has 0 aromatic carbocycles. The summed E-state index contributed by atoms with van der Waals surface area (Å²) in [4.78, 5) is 26.4.